The topological polar surface area (TPSA) is 73.6 Å². The molecule has 0 bridgehead atoms. The predicted molar refractivity (Wildman–Crippen MR) is 109 cm³/mol. The first-order chi connectivity index (χ1) is 14.0. The van der Waals surface area contributed by atoms with E-state index in [1.165, 1.54) is 17.2 Å². The molecule has 0 spiro atoms. The Balaban J connectivity index is 1.36. The normalized spacial score (nSPS) is 12.7. The van der Waals surface area contributed by atoms with Gasteiger partial charge < -0.3 is 9.15 Å². The van der Waals surface area contributed by atoms with Crippen LogP contribution in [0.3, 0.4) is 0 Å². The van der Waals surface area contributed by atoms with Gasteiger partial charge in [0.15, 0.2) is 5.78 Å². The van der Waals surface area contributed by atoms with Crippen molar-refractivity contribution >= 4 is 22.7 Å². The Kier molecular flexibility index (Phi) is 5.30. The van der Waals surface area contributed by atoms with Crippen molar-refractivity contribution < 1.29 is 18.7 Å². The number of hydrogen-bond acceptors (Lipinski definition) is 5. The fourth-order valence-electron chi connectivity index (χ4n) is 3.79. The standard InChI is InChI=1S/C24H22O5/c1-15-5-8-20-19(13-24(27)29-22(20)11-15)14-28-23(26)10-9-21(25)18-7-6-16-3-2-4-17(16)12-18/h5-8,11-13H,2-4,9-10,14H2,1H3. The van der Waals surface area contributed by atoms with Crippen LogP contribution in [0.2, 0.25) is 0 Å². The van der Waals surface area contributed by atoms with Crippen LogP contribution in [-0.4, -0.2) is 11.8 Å². The summed E-state index contributed by atoms with van der Waals surface area (Å²) in [6.45, 7) is 1.88. The van der Waals surface area contributed by atoms with Crippen molar-refractivity contribution in [1.29, 1.82) is 0 Å². The Labute approximate surface area is 168 Å². The summed E-state index contributed by atoms with van der Waals surface area (Å²) >= 11 is 0. The smallest absolute Gasteiger partial charge is 0.336 e. The monoisotopic (exact) mass is 390 g/mol. The summed E-state index contributed by atoms with van der Waals surface area (Å²) in [5.74, 6) is -0.522. The summed E-state index contributed by atoms with van der Waals surface area (Å²) < 4.78 is 10.5. The number of Topliss-reactive ketones (excluding diaryl/α,β-unsaturated/α-hetero) is 1. The molecular formula is C24H22O5. The Morgan fingerprint density at radius 2 is 1.83 bits per heavy atom. The molecule has 1 heterocycles. The second-order valence-electron chi connectivity index (χ2n) is 7.51. The summed E-state index contributed by atoms with van der Waals surface area (Å²) in [5, 5.41) is 0.734. The first kappa shape index (κ1) is 19.1. The zero-order chi connectivity index (χ0) is 20.4. The van der Waals surface area contributed by atoms with Gasteiger partial charge in [-0.25, -0.2) is 4.79 Å². The molecule has 0 atom stereocenters. The summed E-state index contributed by atoms with van der Waals surface area (Å²) in [7, 11) is 0. The first-order valence-corrected chi connectivity index (χ1v) is 9.83. The second kappa shape index (κ2) is 8.03. The van der Waals surface area contributed by atoms with Gasteiger partial charge in [-0.2, -0.15) is 0 Å². The van der Waals surface area contributed by atoms with Gasteiger partial charge in [0.25, 0.3) is 0 Å². The molecule has 2 aromatic carbocycles. The van der Waals surface area contributed by atoms with Crippen LogP contribution >= 0.6 is 0 Å². The minimum absolute atomic E-state index is 0.00833. The van der Waals surface area contributed by atoms with E-state index in [9.17, 15) is 14.4 Å². The molecule has 5 nitrogen and oxygen atoms in total. The third kappa shape index (κ3) is 4.29. The largest absolute Gasteiger partial charge is 0.461 e. The van der Waals surface area contributed by atoms with Crippen LogP contribution in [0, 0.1) is 6.92 Å². The maximum absolute atomic E-state index is 12.4. The SMILES string of the molecule is Cc1ccc2c(COC(=O)CCC(=O)c3ccc4c(c3)CCC4)cc(=O)oc2c1. The zero-order valence-corrected chi connectivity index (χ0v) is 16.3. The van der Waals surface area contributed by atoms with Crippen molar-refractivity contribution in [3.8, 4) is 0 Å². The highest BCUT2D eigenvalue weighted by molar-refractivity contribution is 5.97. The van der Waals surface area contributed by atoms with Crippen molar-refractivity contribution in [3.05, 3.63) is 80.7 Å². The molecule has 0 saturated carbocycles. The molecule has 0 unspecified atom stereocenters. The van der Waals surface area contributed by atoms with Crippen molar-refractivity contribution in [2.75, 3.05) is 0 Å². The van der Waals surface area contributed by atoms with Crippen LogP contribution in [0.1, 0.15) is 51.9 Å². The van der Waals surface area contributed by atoms with Crippen molar-refractivity contribution in [1.82, 2.24) is 0 Å². The van der Waals surface area contributed by atoms with E-state index in [0.717, 1.165) is 30.2 Å². The number of carbonyl (C=O) groups excluding carboxylic acids is 2. The minimum Gasteiger partial charge on any atom is -0.461 e. The number of benzene rings is 2. The van der Waals surface area contributed by atoms with Crippen LogP contribution in [0.5, 0.6) is 0 Å². The summed E-state index contributed by atoms with van der Waals surface area (Å²) in [6, 6.07) is 12.7. The van der Waals surface area contributed by atoms with Crippen LogP contribution in [0.25, 0.3) is 11.0 Å². The van der Waals surface area contributed by atoms with Gasteiger partial charge in [0.1, 0.15) is 12.2 Å². The number of carbonyl (C=O) groups is 2. The van der Waals surface area contributed by atoms with E-state index in [1.807, 2.05) is 37.3 Å². The lowest BCUT2D eigenvalue weighted by atomic mass is 10.0. The molecule has 5 heteroatoms. The summed E-state index contributed by atoms with van der Waals surface area (Å²) in [4.78, 5) is 36.3. The third-order valence-corrected chi connectivity index (χ3v) is 5.35. The number of hydrogen-bond donors (Lipinski definition) is 0. The molecule has 0 fully saturated rings. The van der Waals surface area contributed by atoms with Gasteiger partial charge in [-0.3, -0.25) is 9.59 Å². The number of esters is 1. The highest BCUT2D eigenvalue weighted by Crippen LogP contribution is 2.24. The molecule has 4 rings (SSSR count). The summed E-state index contributed by atoms with van der Waals surface area (Å²) in [6.07, 6.45) is 3.33. The number of aryl methyl sites for hydroxylation is 3. The van der Waals surface area contributed by atoms with Gasteiger partial charge in [0.05, 0.1) is 6.42 Å². The molecule has 0 radical (unpaired) electrons. The van der Waals surface area contributed by atoms with Crippen molar-refractivity contribution in [2.24, 2.45) is 0 Å². The first-order valence-electron chi connectivity index (χ1n) is 9.83. The van der Waals surface area contributed by atoms with Gasteiger partial charge in [-0.1, -0.05) is 24.3 Å². The molecule has 0 N–H and O–H groups in total. The molecule has 1 aromatic heterocycles. The highest BCUT2D eigenvalue weighted by Gasteiger charge is 2.16. The van der Waals surface area contributed by atoms with Gasteiger partial charge >= 0.3 is 11.6 Å². The Morgan fingerprint density at radius 1 is 1.00 bits per heavy atom. The Morgan fingerprint density at radius 3 is 2.69 bits per heavy atom. The quantitative estimate of drug-likeness (QED) is 0.356. The van der Waals surface area contributed by atoms with Crippen molar-refractivity contribution in [3.63, 3.8) is 0 Å². The molecule has 29 heavy (non-hydrogen) atoms. The van der Waals surface area contributed by atoms with Crippen LogP contribution < -0.4 is 5.63 Å². The van der Waals surface area contributed by atoms with Gasteiger partial charge in [-0.15, -0.1) is 0 Å². The van der Waals surface area contributed by atoms with Gasteiger partial charge in [0.2, 0.25) is 0 Å². The minimum atomic E-state index is -0.485. The van der Waals surface area contributed by atoms with Crippen LogP contribution in [0.4, 0.5) is 0 Å². The average molecular weight is 390 g/mol. The molecule has 0 aliphatic heterocycles. The highest BCUT2D eigenvalue weighted by atomic mass is 16.5. The Bertz CT molecular complexity index is 1160. The molecule has 1 aliphatic carbocycles. The Hall–Kier alpha value is -3.21. The van der Waals surface area contributed by atoms with E-state index >= 15 is 0 Å². The average Bonchev–Trinajstić information content (AvgIpc) is 3.17. The van der Waals surface area contributed by atoms with Crippen molar-refractivity contribution in [2.45, 2.75) is 45.6 Å². The van der Waals surface area contributed by atoms with Gasteiger partial charge in [0, 0.05) is 29.0 Å². The molecule has 148 valence electrons. The molecule has 1 aliphatic rings. The second-order valence-corrected chi connectivity index (χ2v) is 7.51. The third-order valence-electron chi connectivity index (χ3n) is 5.35. The number of rotatable bonds is 6. The van der Waals surface area contributed by atoms with Crippen LogP contribution in [-0.2, 0) is 29.0 Å². The maximum atomic E-state index is 12.4. The van der Waals surface area contributed by atoms with Crippen LogP contribution in [0.15, 0.2) is 51.7 Å². The number of fused-ring (bicyclic) bond motifs is 2. The lowest BCUT2D eigenvalue weighted by Crippen LogP contribution is -2.10. The summed E-state index contributed by atoms with van der Waals surface area (Å²) in [5.41, 5.74) is 4.75. The fourth-order valence-corrected chi connectivity index (χ4v) is 3.79. The van der Waals surface area contributed by atoms with Gasteiger partial charge in [-0.05, 0) is 55.0 Å². The predicted octanol–water partition coefficient (Wildman–Crippen LogP) is 4.30. The fraction of sp³-hybridized carbons (Fsp3) is 0.292. The van der Waals surface area contributed by atoms with E-state index in [0.29, 0.717) is 16.7 Å². The maximum Gasteiger partial charge on any atom is 0.336 e. The zero-order valence-electron chi connectivity index (χ0n) is 16.3. The van der Waals surface area contributed by atoms with E-state index in [-0.39, 0.29) is 25.2 Å². The van der Waals surface area contributed by atoms with E-state index in [1.54, 1.807) is 6.07 Å². The lowest BCUT2D eigenvalue weighted by Gasteiger charge is -2.08. The number of ether oxygens (including phenoxy) is 1. The van der Waals surface area contributed by atoms with E-state index in [4.69, 9.17) is 9.15 Å². The van der Waals surface area contributed by atoms with E-state index < -0.39 is 11.6 Å². The van der Waals surface area contributed by atoms with E-state index in [2.05, 4.69) is 0 Å². The molecule has 0 saturated heterocycles. The number of ketones is 1. The lowest BCUT2D eigenvalue weighted by molar-refractivity contribution is -0.144. The molecular weight excluding hydrogens is 368 g/mol. The molecule has 3 aromatic rings. The molecule has 0 amide bonds.